The normalized spacial score (nSPS) is 23.7. The van der Waals surface area contributed by atoms with E-state index in [4.69, 9.17) is 16.2 Å². The fraction of sp³-hybridized carbons (Fsp3) is 0.500. The van der Waals surface area contributed by atoms with E-state index in [9.17, 15) is 9.18 Å². The number of amides is 1. The summed E-state index contributed by atoms with van der Waals surface area (Å²) in [4.78, 5) is 11.3. The van der Waals surface area contributed by atoms with Crippen LogP contribution in [0.3, 0.4) is 0 Å². The minimum absolute atomic E-state index is 0.0618. The second kappa shape index (κ2) is 6.02. The maximum Gasteiger partial charge on any atom is 0.252 e. The van der Waals surface area contributed by atoms with Crippen LogP contribution in [-0.4, -0.2) is 18.1 Å². The molecule has 1 aliphatic rings. The zero-order valence-electron chi connectivity index (χ0n) is 10.8. The zero-order chi connectivity index (χ0) is 13.8. The Morgan fingerprint density at radius 1 is 1.26 bits per heavy atom. The number of benzene rings is 1. The third-order valence-electron chi connectivity index (χ3n) is 3.49. The smallest absolute Gasteiger partial charge is 0.252 e. The minimum Gasteiger partial charge on any atom is -0.488 e. The number of hydrogen-bond acceptors (Lipinski definition) is 3. The van der Waals surface area contributed by atoms with E-state index in [1.54, 1.807) is 0 Å². The van der Waals surface area contributed by atoms with Gasteiger partial charge in [0.1, 0.15) is 17.7 Å². The summed E-state index contributed by atoms with van der Waals surface area (Å²) in [5.74, 6) is -0.890. The first-order valence-corrected chi connectivity index (χ1v) is 6.59. The largest absolute Gasteiger partial charge is 0.488 e. The second-order valence-electron chi connectivity index (χ2n) is 4.96. The van der Waals surface area contributed by atoms with Crippen molar-refractivity contribution in [3.8, 4) is 5.75 Å². The molecule has 4 N–H and O–H groups in total. The molecule has 1 aromatic carbocycles. The summed E-state index contributed by atoms with van der Waals surface area (Å²) in [6, 6.07) is 3.73. The van der Waals surface area contributed by atoms with Gasteiger partial charge in [0.2, 0.25) is 0 Å². The summed E-state index contributed by atoms with van der Waals surface area (Å²) in [7, 11) is 0. The Labute approximate surface area is 111 Å². The van der Waals surface area contributed by atoms with Crippen molar-refractivity contribution in [1.29, 1.82) is 0 Å². The van der Waals surface area contributed by atoms with E-state index in [0.717, 1.165) is 38.2 Å². The molecule has 0 bridgehead atoms. The first kappa shape index (κ1) is 13.8. The average Bonchev–Trinajstić information content (AvgIpc) is 2.57. The molecule has 0 saturated heterocycles. The molecule has 2 unspecified atom stereocenters. The van der Waals surface area contributed by atoms with Crippen LogP contribution in [0.1, 0.15) is 42.5 Å². The van der Waals surface area contributed by atoms with Crippen LogP contribution in [0.25, 0.3) is 0 Å². The van der Waals surface area contributed by atoms with Gasteiger partial charge in [-0.05, 0) is 37.5 Å². The summed E-state index contributed by atoms with van der Waals surface area (Å²) in [6.07, 6.45) is 4.87. The predicted molar refractivity (Wildman–Crippen MR) is 70.4 cm³/mol. The van der Waals surface area contributed by atoms with Gasteiger partial charge < -0.3 is 16.2 Å². The minimum atomic E-state index is -0.698. The Hall–Kier alpha value is -1.62. The van der Waals surface area contributed by atoms with Crippen molar-refractivity contribution in [2.45, 2.75) is 44.2 Å². The van der Waals surface area contributed by atoms with Gasteiger partial charge in [-0.25, -0.2) is 4.39 Å². The maximum atomic E-state index is 13.1. The molecule has 2 rings (SSSR count). The highest BCUT2D eigenvalue weighted by Crippen LogP contribution is 2.25. The van der Waals surface area contributed by atoms with Crippen LogP contribution in [0, 0.1) is 5.82 Å². The van der Waals surface area contributed by atoms with Gasteiger partial charge in [-0.1, -0.05) is 12.8 Å². The van der Waals surface area contributed by atoms with E-state index >= 15 is 0 Å². The molecule has 4 nitrogen and oxygen atoms in total. The number of halogens is 1. The predicted octanol–water partition coefficient (Wildman–Crippen LogP) is 1.96. The van der Waals surface area contributed by atoms with E-state index in [-0.39, 0.29) is 17.7 Å². The SMILES string of the molecule is NC(=O)c1cc(F)ccc1OC1CCCCCC1N. The maximum absolute atomic E-state index is 13.1. The lowest BCUT2D eigenvalue weighted by atomic mass is 10.1. The monoisotopic (exact) mass is 266 g/mol. The number of nitrogens with two attached hydrogens (primary N) is 2. The molecule has 1 aliphatic carbocycles. The number of carbonyl (C=O) groups is 1. The summed E-state index contributed by atoms with van der Waals surface area (Å²) in [5.41, 5.74) is 11.4. The molecule has 1 aromatic rings. The fourth-order valence-corrected chi connectivity index (χ4v) is 2.41. The molecule has 1 saturated carbocycles. The van der Waals surface area contributed by atoms with Gasteiger partial charge in [-0.15, -0.1) is 0 Å². The second-order valence-corrected chi connectivity index (χ2v) is 4.96. The summed E-state index contributed by atoms with van der Waals surface area (Å²) in [5, 5.41) is 0. The molecule has 0 aromatic heterocycles. The Kier molecular flexibility index (Phi) is 4.37. The topological polar surface area (TPSA) is 78.3 Å². The van der Waals surface area contributed by atoms with E-state index in [2.05, 4.69) is 0 Å². The number of carbonyl (C=O) groups excluding carboxylic acids is 1. The summed E-state index contributed by atoms with van der Waals surface area (Å²) >= 11 is 0. The molecule has 19 heavy (non-hydrogen) atoms. The molecule has 2 atom stereocenters. The van der Waals surface area contributed by atoms with Crippen molar-refractivity contribution in [3.63, 3.8) is 0 Å². The molecular weight excluding hydrogens is 247 g/mol. The quantitative estimate of drug-likeness (QED) is 0.821. The van der Waals surface area contributed by atoms with Crippen molar-refractivity contribution in [2.24, 2.45) is 11.5 Å². The van der Waals surface area contributed by atoms with Crippen molar-refractivity contribution in [2.75, 3.05) is 0 Å². The van der Waals surface area contributed by atoms with Crippen molar-refractivity contribution >= 4 is 5.91 Å². The van der Waals surface area contributed by atoms with Crippen LogP contribution in [0.4, 0.5) is 4.39 Å². The van der Waals surface area contributed by atoms with Crippen LogP contribution < -0.4 is 16.2 Å². The van der Waals surface area contributed by atoms with Crippen LogP contribution in [0.15, 0.2) is 18.2 Å². The number of ether oxygens (including phenoxy) is 1. The van der Waals surface area contributed by atoms with Gasteiger partial charge in [0.15, 0.2) is 0 Å². The first-order valence-electron chi connectivity index (χ1n) is 6.59. The van der Waals surface area contributed by atoms with Crippen molar-refractivity contribution in [1.82, 2.24) is 0 Å². The van der Waals surface area contributed by atoms with E-state index in [1.165, 1.54) is 12.1 Å². The number of hydrogen-bond donors (Lipinski definition) is 2. The molecule has 104 valence electrons. The van der Waals surface area contributed by atoms with Gasteiger partial charge in [0.25, 0.3) is 5.91 Å². The molecule has 0 aliphatic heterocycles. The lowest BCUT2D eigenvalue weighted by Crippen LogP contribution is -2.38. The van der Waals surface area contributed by atoms with Crippen molar-refractivity contribution in [3.05, 3.63) is 29.6 Å². The van der Waals surface area contributed by atoms with Gasteiger partial charge in [-0.3, -0.25) is 4.79 Å². The van der Waals surface area contributed by atoms with Gasteiger partial charge in [-0.2, -0.15) is 0 Å². The van der Waals surface area contributed by atoms with Gasteiger partial charge in [0, 0.05) is 6.04 Å². The summed E-state index contributed by atoms with van der Waals surface area (Å²) in [6.45, 7) is 0. The van der Waals surface area contributed by atoms with Crippen LogP contribution in [0.2, 0.25) is 0 Å². The Morgan fingerprint density at radius 3 is 2.74 bits per heavy atom. The zero-order valence-corrected chi connectivity index (χ0v) is 10.8. The highest BCUT2D eigenvalue weighted by atomic mass is 19.1. The Bertz CT molecular complexity index is 465. The standard InChI is InChI=1S/C14H19FN2O2/c15-9-6-7-12(10(8-9)14(17)18)19-13-5-3-1-2-4-11(13)16/h6-8,11,13H,1-5,16H2,(H2,17,18). The van der Waals surface area contributed by atoms with Gasteiger partial charge in [0.05, 0.1) is 5.56 Å². The molecular formula is C14H19FN2O2. The lowest BCUT2D eigenvalue weighted by Gasteiger charge is -2.23. The van der Waals surface area contributed by atoms with Crippen LogP contribution >= 0.6 is 0 Å². The van der Waals surface area contributed by atoms with Crippen LogP contribution in [0.5, 0.6) is 5.75 Å². The number of rotatable bonds is 3. The molecule has 5 heteroatoms. The average molecular weight is 266 g/mol. The molecule has 0 spiro atoms. The van der Waals surface area contributed by atoms with Gasteiger partial charge >= 0.3 is 0 Å². The first-order chi connectivity index (χ1) is 9.08. The van der Waals surface area contributed by atoms with Crippen LogP contribution in [-0.2, 0) is 0 Å². The highest BCUT2D eigenvalue weighted by molar-refractivity contribution is 5.95. The third kappa shape index (κ3) is 3.44. The highest BCUT2D eigenvalue weighted by Gasteiger charge is 2.23. The van der Waals surface area contributed by atoms with E-state index in [1.807, 2.05) is 0 Å². The van der Waals surface area contributed by atoms with Crippen molar-refractivity contribution < 1.29 is 13.9 Å². The fourth-order valence-electron chi connectivity index (χ4n) is 2.41. The molecule has 0 heterocycles. The summed E-state index contributed by atoms with van der Waals surface area (Å²) < 4.78 is 18.9. The molecule has 1 amide bonds. The third-order valence-corrected chi connectivity index (χ3v) is 3.49. The molecule has 0 radical (unpaired) electrons. The Morgan fingerprint density at radius 2 is 2.00 bits per heavy atom. The Balaban J connectivity index is 2.19. The molecule has 1 fully saturated rings. The lowest BCUT2D eigenvalue weighted by molar-refractivity contribution is 0.0988. The number of primary amides is 1. The van der Waals surface area contributed by atoms with E-state index < -0.39 is 11.7 Å². The van der Waals surface area contributed by atoms with E-state index in [0.29, 0.717) is 5.75 Å².